The van der Waals surface area contributed by atoms with Crippen molar-refractivity contribution in [2.24, 2.45) is 11.8 Å². The smallest absolute Gasteiger partial charge is 0.311 e. The second-order valence-corrected chi connectivity index (χ2v) is 11.8. The fraction of sp³-hybridized carbons (Fsp3) is 0.731. The van der Waals surface area contributed by atoms with Gasteiger partial charge in [-0.25, -0.2) is 0 Å². The molecule has 0 bridgehead atoms. The number of hydrogen-bond acceptors (Lipinski definition) is 8. The molecule has 0 aromatic rings. The normalized spacial score (nSPS) is 37.1. The Kier molecular flexibility index (Phi) is 7.76. The number of carbonyl (C=O) groups is 3. The van der Waals surface area contributed by atoms with Crippen LogP contribution in [0.4, 0.5) is 0 Å². The zero-order valence-corrected chi connectivity index (χ0v) is 21.7. The van der Waals surface area contributed by atoms with Gasteiger partial charge in [-0.1, -0.05) is 24.3 Å². The first-order chi connectivity index (χ1) is 17.5. The zero-order valence-electron chi connectivity index (χ0n) is 20.9. The van der Waals surface area contributed by atoms with Crippen LogP contribution in [0.3, 0.4) is 0 Å². The van der Waals surface area contributed by atoms with E-state index in [0.29, 0.717) is 32.9 Å². The van der Waals surface area contributed by atoms with Gasteiger partial charge >= 0.3 is 5.97 Å². The van der Waals surface area contributed by atoms with Crippen LogP contribution >= 0.6 is 11.8 Å². The first-order valence-electron chi connectivity index (χ1n) is 13.2. The summed E-state index contributed by atoms with van der Waals surface area (Å²) < 4.78 is 10.2. The molecule has 3 saturated heterocycles. The van der Waals surface area contributed by atoms with E-state index in [2.05, 4.69) is 11.0 Å². The van der Waals surface area contributed by atoms with Crippen LogP contribution in [0.1, 0.15) is 26.2 Å². The Hall–Kier alpha value is -1.88. The van der Waals surface area contributed by atoms with Crippen LogP contribution in [0.25, 0.3) is 0 Å². The molecule has 1 spiro atoms. The summed E-state index contributed by atoms with van der Waals surface area (Å²) in [6, 6.07) is -1.31. The molecule has 5 aliphatic rings. The van der Waals surface area contributed by atoms with E-state index in [4.69, 9.17) is 9.47 Å². The molecule has 2 amide bonds. The van der Waals surface area contributed by atoms with Gasteiger partial charge in [0.25, 0.3) is 0 Å². The molecular formula is C26H37N3O6S. The number of cyclic esters (lactones) is 1. The van der Waals surface area contributed by atoms with Crippen LogP contribution in [0, 0.1) is 11.8 Å². The van der Waals surface area contributed by atoms with Crippen molar-refractivity contribution in [1.82, 2.24) is 14.7 Å². The van der Waals surface area contributed by atoms with E-state index in [9.17, 15) is 19.5 Å². The standard InChI is InChI=1S/C26H37N3O6S/c1-18(17-30)29-22-24(32)28(11-10-27-12-15-34-16-13-27)9-6-8-26(22)21(23(29)31)20-19(36-26)7-4-2-3-5-14-35-25(20)33/h4,6-8,18-22,30H,2-3,5,9-17H2,1H3/b7-4-/t18-,19+,20-,21+,22?,26+/m1/s1. The number of aliphatic hydroxyl groups excluding tert-OH is 1. The van der Waals surface area contributed by atoms with Crippen molar-refractivity contribution in [2.45, 2.75) is 48.3 Å². The Morgan fingerprint density at radius 3 is 2.69 bits per heavy atom. The first-order valence-corrected chi connectivity index (χ1v) is 14.1. The fourth-order valence-corrected chi connectivity index (χ4v) is 8.24. The minimum Gasteiger partial charge on any atom is -0.465 e. The Morgan fingerprint density at radius 2 is 1.92 bits per heavy atom. The zero-order chi connectivity index (χ0) is 25.3. The van der Waals surface area contributed by atoms with Gasteiger partial charge in [-0.3, -0.25) is 19.3 Å². The third kappa shape index (κ3) is 4.50. The molecule has 0 saturated carbocycles. The number of allylic oxidation sites excluding steroid dienone is 1. The number of ether oxygens (including phenoxy) is 2. The van der Waals surface area contributed by atoms with Crippen LogP contribution in [0.2, 0.25) is 0 Å². The van der Waals surface area contributed by atoms with Gasteiger partial charge in [-0.2, -0.15) is 0 Å². The summed E-state index contributed by atoms with van der Waals surface area (Å²) in [5.41, 5.74) is 0. The number of fused-ring (bicyclic) bond motifs is 2. The van der Waals surface area contributed by atoms with E-state index in [1.807, 2.05) is 23.1 Å². The van der Waals surface area contributed by atoms with E-state index >= 15 is 0 Å². The van der Waals surface area contributed by atoms with Crippen LogP contribution < -0.4 is 0 Å². The predicted molar refractivity (Wildman–Crippen MR) is 135 cm³/mol. The second-order valence-electron chi connectivity index (χ2n) is 10.4. The maximum absolute atomic E-state index is 14.2. The van der Waals surface area contributed by atoms with Crippen molar-refractivity contribution >= 4 is 29.5 Å². The van der Waals surface area contributed by atoms with Gasteiger partial charge < -0.3 is 24.4 Å². The molecule has 0 aromatic heterocycles. The molecule has 5 heterocycles. The average Bonchev–Trinajstić information content (AvgIpc) is 3.29. The monoisotopic (exact) mass is 519 g/mol. The van der Waals surface area contributed by atoms with Gasteiger partial charge in [0.15, 0.2) is 0 Å². The van der Waals surface area contributed by atoms with E-state index in [0.717, 1.165) is 38.9 Å². The van der Waals surface area contributed by atoms with Gasteiger partial charge in [0.05, 0.1) is 49.1 Å². The summed E-state index contributed by atoms with van der Waals surface area (Å²) in [5, 5.41) is 9.79. The topological polar surface area (TPSA) is 99.6 Å². The van der Waals surface area contributed by atoms with Crippen molar-refractivity contribution in [2.75, 3.05) is 59.2 Å². The summed E-state index contributed by atoms with van der Waals surface area (Å²) in [4.78, 5) is 47.2. The molecule has 1 unspecified atom stereocenters. The molecule has 6 atom stereocenters. The largest absolute Gasteiger partial charge is 0.465 e. The van der Waals surface area contributed by atoms with Crippen LogP contribution in [0.5, 0.6) is 0 Å². The number of rotatable bonds is 5. The second kappa shape index (κ2) is 10.8. The van der Waals surface area contributed by atoms with Crippen molar-refractivity contribution < 1.29 is 29.0 Å². The molecule has 36 heavy (non-hydrogen) atoms. The maximum Gasteiger partial charge on any atom is 0.311 e. The van der Waals surface area contributed by atoms with Crippen molar-refractivity contribution in [3.63, 3.8) is 0 Å². The van der Waals surface area contributed by atoms with Crippen LogP contribution in [-0.2, 0) is 23.9 Å². The minimum absolute atomic E-state index is 0.113. The molecule has 3 fully saturated rings. The Morgan fingerprint density at radius 1 is 1.11 bits per heavy atom. The molecule has 1 N–H and O–H groups in total. The fourth-order valence-electron chi connectivity index (χ4n) is 6.25. The van der Waals surface area contributed by atoms with Crippen LogP contribution in [-0.4, -0.2) is 119 Å². The number of likely N-dealkylation sites (tertiary alicyclic amines) is 1. The summed E-state index contributed by atoms with van der Waals surface area (Å²) in [6.07, 6.45) is 10.8. The number of esters is 1. The maximum atomic E-state index is 14.2. The van der Waals surface area contributed by atoms with Gasteiger partial charge in [-0.15, -0.1) is 11.8 Å². The number of morpholine rings is 1. The van der Waals surface area contributed by atoms with E-state index in [1.54, 1.807) is 23.6 Å². The Labute approximate surface area is 216 Å². The number of thioether (sulfide) groups is 1. The molecule has 5 rings (SSSR count). The quantitative estimate of drug-likeness (QED) is 0.418. The highest BCUT2D eigenvalue weighted by Gasteiger charge is 2.71. The lowest BCUT2D eigenvalue weighted by atomic mass is 9.78. The third-order valence-electron chi connectivity index (χ3n) is 8.15. The van der Waals surface area contributed by atoms with Gasteiger partial charge in [0.2, 0.25) is 11.8 Å². The SMILES string of the molecule is C[C@H](CO)N1C(=O)[C@@H]2[C@@H]3C(=O)OCCCC/C=C\[C@@H]3S[C@@]23C=CCN(CCN2CCOCC2)C(=O)C13. The predicted octanol–water partition coefficient (Wildman–Crippen LogP) is 0.679. The number of carbonyl (C=O) groups excluding carboxylic acids is 3. The third-order valence-corrected chi connectivity index (χ3v) is 9.90. The van der Waals surface area contributed by atoms with Crippen LogP contribution in [0.15, 0.2) is 24.3 Å². The van der Waals surface area contributed by atoms with E-state index in [1.165, 1.54) is 0 Å². The van der Waals surface area contributed by atoms with Gasteiger partial charge in [-0.05, 0) is 26.2 Å². The summed E-state index contributed by atoms with van der Waals surface area (Å²) >= 11 is 1.55. The molecule has 0 aromatic carbocycles. The van der Waals surface area contributed by atoms with Crippen molar-refractivity contribution in [1.29, 1.82) is 0 Å². The number of hydrogen-bond donors (Lipinski definition) is 1. The molecule has 5 aliphatic heterocycles. The van der Waals surface area contributed by atoms with Gasteiger partial charge in [0, 0.05) is 38.0 Å². The number of nitrogens with zero attached hydrogens (tertiary/aromatic N) is 3. The summed E-state index contributed by atoms with van der Waals surface area (Å²) in [7, 11) is 0. The summed E-state index contributed by atoms with van der Waals surface area (Å²) in [6.45, 7) is 6.68. The van der Waals surface area contributed by atoms with Crippen molar-refractivity contribution in [3.05, 3.63) is 24.3 Å². The van der Waals surface area contributed by atoms with Crippen molar-refractivity contribution in [3.8, 4) is 0 Å². The molecule has 9 nitrogen and oxygen atoms in total. The number of aliphatic hydroxyl groups is 1. The number of amides is 2. The lowest BCUT2D eigenvalue weighted by molar-refractivity contribution is -0.153. The Bertz CT molecular complexity index is 921. The summed E-state index contributed by atoms with van der Waals surface area (Å²) in [5.74, 6) is -2.08. The minimum atomic E-state index is -0.877. The highest BCUT2D eigenvalue weighted by atomic mass is 32.2. The Balaban J connectivity index is 1.48. The highest BCUT2D eigenvalue weighted by molar-refractivity contribution is 8.02. The lowest BCUT2D eigenvalue weighted by Gasteiger charge is -2.38. The lowest BCUT2D eigenvalue weighted by Crippen LogP contribution is -2.56. The first kappa shape index (κ1) is 25.8. The average molecular weight is 520 g/mol. The van der Waals surface area contributed by atoms with Gasteiger partial charge in [0.1, 0.15) is 6.04 Å². The van der Waals surface area contributed by atoms with E-state index < -0.39 is 28.7 Å². The molecule has 10 heteroatoms. The highest BCUT2D eigenvalue weighted by Crippen LogP contribution is 2.61. The molecule has 198 valence electrons. The molecular weight excluding hydrogens is 482 g/mol. The molecule has 0 aliphatic carbocycles. The molecule has 0 radical (unpaired) electrons. The van der Waals surface area contributed by atoms with E-state index in [-0.39, 0.29) is 29.6 Å².